The van der Waals surface area contributed by atoms with Crippen molar-refractivity contribution in [1.29, 1.82) is 0 Å². The minimum atomic E-state index is 0.790. The highest BCUT2D eigenvalue weighted by Crippen LogP contribution is 2.29. The molecule has 0 fully saturated rings. The van der Waals surface area contributed by atoms with Gasteiger partial charge in [0, 0.05) is 29.6 Å². The molecule has 2 aromatic carbocycles. The van der Waals surface area contributed by atoms with Crippen LogP contribution in [0.25, 0.3) is 0 Å². The smallest absolute Gasteiger partial charge is 0.0597 e. The molecule has 0 spiro atoms. The highest BCUT2D eigenvalue weighted by molar-refractivity contribution is 9.10. The molecule has 0 amide bonds. The molecule has 0 aliphatic rings. The first-order chi connectivity index (χ1) is 9.47. The lowest BCUT2D eigenvalue weighted by Gasteiger charge is -2.19. The van der Waals surface area contributed by atoms with E-state index < -0.39 is 0 Å². The third kappa shape index (κ3) is 3.76. The number of nitrogens with zero attached hydrogens (tertiary/aromatic N) is 1. The van der Waals surface area contributed by atoms with Gasteiger partial charge < -0.3 is 10.2 Å². The van der Waals surface area contributed by atoms with Gasteiger partial charge in [-0.15, -0.1) is 0 Å². The van der Waals surface area contributed by atoms with Gasteiger partial charge in [0.25, 0.3) is 0 Å². The molecule has 2 aromatic rings. The predicted molar refractivity (Wildman–Crippen MR) is 94.7 cm³/mol. The summed E-state index contributed by atoms with van der Waals surface area (Å²) in [4.78, 5) is 2.11. The lowest BCUT2D eigenvalue weighted by atomic mass is 10.1. The summed E-state index contributed by atoms with van der Waals surface area (Å²) in [5.74, 6) is 0. The quantitative estimate of drug-likeness (QED) is 0.762. The molecule has 4 heteroatoms. The normalized spacial score (nSPS) is 10.4. The van der Waals surface area contributed by atoms with E-state index in [4.69, 9.17) is 0 Å². The largest absolute Gasteiger partial charge is 0.379 e. The van der Waals surface area contributed by atoms with Crippen molar-refractivity contribution in [3.63, 3.8) is 0 Å². The molecule has 0 unspecified atom stereocenters. The van der Waals surface area contributed by atoms with Gasteiger partial charge >= 0.3 is 0 Å². The first kappa shape index (κ1) is 15.4. The first-order valence-electron chi connectivity index (χ1n) is 6.43. The second-order valence-corrected chi connectivity index (χ2v) is 6.77. The molecular weight excluding hydrogens is 380 g/mol. The molecule has 0 radical (unpaired) electrons. The molecule has 0 heterocycles. The van der Waals surface area contributed by atoms with Crippen LogP contribution in [0.1, 0.15) is 11.1 Å². The van der Waals surface area contributed by atoms with Crippen LogP contribution in [-0.4, -0.2) is 14.1 Å². The molecule has 2 nitrogen and oxygen atoms in total. The molecule has 0 aliphatic carbocycles. The van der Waals surface area contributed by atoms with E-state index in [1.54, 1.807) is 0 Å². The lowest BCUT2D eigenvalue weighted by molar-refractivity contribution is 1.09. The van der Waals surface area contributed by atoms with Crippen LogP contribution in [0.2, 0.25) is 0 Å². The summed E-state index contributed by atoms with van der Waals surface area (Å²) in [7, 11) is 4.10. The number of aryl methyl sites for hydroxylation is 1. The van der Waals surface area contributed by atoms with E-state index in [1.807, 2.05) is 0 Å². The second-order valence-electron chi connectivity index (χ2n) is 5.00. The zero-order valence-corrected chi connectivity index (χ0v) is 15.0. The van der Waals surface area contributed by atoms with Gasteiger partial charge in [0.1, 0.15) is 0 Å². The number of halogens is 2. The predicted octanol–water partition coefficient (Wildman–Crippen LogP) is 5.20. The maximum Gasteiger partial charge on any atom is 0.0597 e. The molecule has 106 valence electrons. The van der Waals surface area contributed by atoms with E-state index in [0.717, 1.165) is 21.2 Å². The monoisotopic (exact) mass is 396 g/mol. The fourth-order valence-corrected chi connectivity index (χ4v) is 3.02. The zero-order valence-electron chi connectivity index (χ0n) is 11.9. The molecule has 1 N–H and O–H groups in total. The fraction of sp³-hybridized carbons (Fsp3) is 0.250. The van der Waals surface area contributed by atoms with Crippen molar-refractivity contribution in [2.45, 2.75) is 13.5 Å². The fourth-order valence-electron chi connectivity index (χ4n) is 2.03. The minimum Gasteiger partial charge on any atom is -0.379 e. The number of hydrogen-bond acceptors (Lipinski definition) is 2. The van der Waals surface area contributed by atoms with Crippen molar-refractivity contribution in [2.24, 2.45) is 0 Å². The minimum absolute atomic E-state index is 0.790. The summed E-state index contributed by atoms with van der Waals surface area (Å²) in [6, 6.07) is 12.7. The maximum atomic E-state index is 3.62. The van der Waals surface area contributed by atoms with Gasteiger partial charge in [-0.2, -0.15) is 0 Å². The van der Waals surface area contributed by atoms with Crippen molar-refractivity contribution >= 4 is 43.2 Å². The molecule has 20 heavy (non-hydrogen) atoms. The summed E-state index contributed by atoms with van der Waals surface area (Å²) in [5.41, 5.74) is 4.81. The Balaban J connectivity index is 2.20. The Hall–Kier alpha value is -1.00. The van der Waals surface area contributed by atoms with Crippen LogP contribution < -0.4 is 10.2 Å². The molecule has 0 saturated carbocycles. The zero-order chi connectivity index (χ0) is 14.7. The van der Waals surface area contributed by atoms with E-state index >= 15 is 0 Å². The Kier molecular flexibility index (Phi) is 5.11. The first-order valence-corrected chi connectivity index (χ1v) is 8.02. The third-order valence-corrected chi connectivity index (χ3v) is 4.35. The second kappa shape index (κ2) is 6.64. The van der Waals surface area contributed by atoms with Gasteiger partial charge in [0.05, 0.1) is 11.4 Å². The Morgan fingerprint density at radius 1 is 1.05 bits per heavy atom. The Bertz CT molecular complexity index is 609. The summed E-state index contributed by atoms with van der Waals surface area (Å²) in [5, 5.41) is 3.51. The standard InChI is InChI=1S/C16H18Br2N2/c1-11-4-5-12(14(18)8-11)10-19-15-9-13(17)6-7-16(15)20(2)3/h4-9,19H,10H2,1-3H3. The number of rotatable bonds is 4. The topological polar surface area (TPSA) is 15.3 Å². The maximum absolute atomic E-state index is 3.62. The van der Waals surface area contributed by atoms with Crippen LogP contribution in [0.3, 0.4) is 0 Å². The van der Waals surface area contributed by atoms with Crippen LogP contribution in [0.5, 0.6) is 0 Å². The number of hydrogen-bond donors (Lipinski definition) is 1. The van der Waals surface area contributed by atoms with Gasteiger partial charge in [0.2, 0.25) is 0 Å². The summed E-state index contributed by atoms with van der Waals surface area (Å²) < 4.78 is 2.22. The van der Waals surface area contributed by atoms with Gasteiger partial charge in [-0.1, -0.05) is 44.0 Å². The Morgan fingerprint density at radius 2 is 1.80 bits per heavy atom. The van der Waals surface area contributed by atoms with Crippen LogP contribution in [0.4, 0.5) is 11.4 Å². The molecule has 0 aliphatic heterocycles. The van der Waals surface area contributed by atoms with E-state index in [1.165, 1.54) is 16.8 Å². The van der Waals surface area contributed by atoms with Crippen molar-refractivity contribution < 1.29 is 0 Å². The van der Waals surface area contributed by atoms with Crippen molar-refractivity contribution in [3.05, 3.63) is 56.5 Å². The summed E-state index contributed by atoms with van der Waals surface area (Å²) >= 11 is 7.15. The van der Waals surface area contributed by atoms with Crippen molar-refractivity contribution in [2.75, 3.05) is 24.3 Å². The van der Waals surface area contributed by atoms with Gasteiger partial charge in [-0.05, 0) is 42.3 Å². The number of benzene rings is 2. The lowest BCUT2D eigenvalue weighted by Crippen LogP contribution is -2.12. The molecule has 0 atom stereocenters. The van der Waals surface area contributed by atoms with Crippen LogP contribution >= 0.6 is 31.9 Å². The van der Waals surface area contributed by atoms with Crippen LogP contribution in [-0.2, 0) is 6.54 Å². The number of nitrogens with one attached hydrogen (secondary N) is 1. The van der Waals surface area contributed by atoms with E-state index in [0.29, 0.717) is 0 Å². The average Bonchev–Trinajstić information content (AvgIpc) is 2.37. The summed E-state index contributed by atoms with van der Waals surface area (Å²) in [6.07, 6.45) is 0. The van der Waals surface area contributed by atoms with Crippen molar-refractivity contribution in [3.8, 4) is 0 Å². The van der Waals surface area contributed by atoms with Gasteiger partial charge in [-0.25, -0.2) is 0 Å². The van der Waals surface area contributed by atoms with Crippen molar-refractivity contribution in [1.82, 2.24) is 0 Å². The molecule has 0 bridgehead atoms. The summed E-state index contributed by atoms with van der Waals surface area (Å²) in [6.45, 7) is 2.89. The number of anilines is 2. The highest BCUT2D eigenvalue weighted by Gasteiger charge is 2.06. The molecular formula is C16H18Br2N2. The van der Waals surface area contributed by atoms with Crippen LogP contribution in [0, 0.1) is 6.92 Å². The SMILES string of the molecule is Cc1ccc(CNc2cc(Br)ccc2N(C)C)c(Br)c1. The van der Waals surface area contributed by atoms with E-state index in [2.05, 4.69) is 99.5 Å². The Labute approximate surface area is 137 Å². The molecule has 0 aromatic heterocycles. The molecule has 2 rings (SSSR count). The van der Waals surface area contributed by atoms with Gasteiger partial charge in [-0.3, -0.25) is 0 Å². The Morgan fingerprint density at radius 3 is 2.45 bits per heavy atom. The van der Waals surface area contributed by atoms with E-state index in [-0.39, 0.29) is 0 Å². The highest BCUT2D eigenvalue weighted by atomic mass is 79.9. The molecule has 0 saturated heterocycles. The third-order valence-electron chi connectivity index (χ3n) is 3.12. The average molecular weight is 398 g/mol. The van der Waals surface area contributed by atoms with E-state index in [9.17, 15) is 0 Å². The van der Waals surface area contributed by atoms with Gasteiger partial charge in [0.15, 0.2) is 0 Å². The van der Waals surface area contributed by atoms with Crippen LogP contribution in [0.15, 0.2) is 45.3 Å².